The van der Waals surface area contributed by atoms with Crippen molar-refractivity contribution in [3.8, 4) is 0 Å². The molecule has 3 rings (SSSR count). The molecule has 0 radical (unpaired) electrons. The summed E-state index contributed by atoms with van der Waals surface area (Å²) in [6.45, 7) is 1.63. The Labute approximate surface area is 143 Å². The molecule has 1 amide bonds. The molecule has 5 heteroatoms. The molecular formula is C17H19BrN2OS. The monoisotopic (exact) mass is 378 g/mol. The first-order chi connectivity index (χ1) is 10.6. The number of likely N-dealkylation sites (N-methyl/N-ethyl adjacent to an activating group) is 1. The highest BCUT2D eigenvalue weighted by Crippen LogP contribution is 2.27. The van der Waals surface area contributed by atoms with Gasteiger partial charge in [-0.1, -0.05) is 18.2 Å². The summed E-state index contributed by atoms with van der Waals surface area (Å²) >= 11 is 5.22. The number of benzene rings is 1. The molecule has 116 valence electrons. The summed E-state index contributed by atoms with van der Waals surface area (Å²) in [7, 11) is 2.05. The number of hydrogen-bond donors (Lipinski definition) is 0. The van der Waals surface area contributed by atoms with Crippen molar-refractivity contribution < 1.29 is 4.79 Å². The SMILES string of the molecule is CN(Cc1ccc(Br)s1)C1CCCN(c2ccccc2)C1=O. The van der Waals surface area contributed by atoms with Gasteiger partial charge in [-0.25, -0.2) is 0 Å². The van der Waals surface area contributed by atoms with E-state index in [0.29, 0.717) is 0 Å². The summed E-state index contributed by atoms with van der Waals surface area (Å²) in [5.41, 5.74) is 1.00. The van der Waals surface area contributed by atoms with Crippen molar-refractivity contribution in [3.05, 3.63) is 51.1 Å². The molecule has 2 heterocycles. The Morgan fingerprint density at radius 2 is 2.05 bits per heavy atom. The lowest BCUT2D eigenvalue weighted by atomic mass is 10.0. The second-order valence-corrected chi connectivity index (χ2v) is 8.15. The predicted molar refractivity (Wildman–Crippen MR) is 95.3 cm³/mol. The number of carbonyl (C=O) groups is 1. The summed E-state index contributed by atoms with van der Waals surface area (Å²) in [5.74, 6) is 0.218. The second kappa shape index (κ2) is 6.94. The van der Waals surface area contributed by atoms with Crippen molar-refractivity contribution in [1.82, 2.24) is 4.90 Å². The topological polar surface area (TPSA) is 23.6 Å². The van der Waals surface area contributed by atoms with E-state index in [1.54, 1.807) is 11.3 Å². The maximum absolute atomic E-state index is 12.8. The molecule has 22 heavy (non-hydrogen) atoms. The minimum atomic E-state index is -0.0326. The van der Waals surface area contributed by atoms with E-state index < -0.39 is 0 Å². The van der Waals surface area contributed by atoms with Gasteiger partial charge in [-0.2, -0.15) is 0 Å². The summed E-state index contributed by atoms with van der Waals surface area (Å²) < 4.78 is 1.14. The molecule has 0 saturated carbocycles. The number of amides is 1. The summed E-state index contributed by atoms with van der Waals surface area (Å²) in [4.78, 5) is 18.2. The molecule has 1 aromatic carbocycles. The van der Waals surface area contributed by atoms with E-state index in [2.05, 4.69) is 33.0 Å². The number of hydrogen-bond acceptors (Lipinski definition) is 3. The Bertz CT molecular complexity index is 643. The van der Waals surface area contributed by atoms with Crippen molar-refractivity contribution >= 4 is 38.9 Å². The normalized spacial score (nSPS) is 19.0. The van der Waals surface area contributed by atoms with E-state index in [4.69, 9.17) is 0 Å². The third-order valence-corrected chi connectivity index (χ3v) is 5.65. The van der Waals surface area contributed by atoms with Crippen molar-refractivity contribution in [1.29, 1.82) is 0 Å². The number of piperidine rings is 1. The van der Waals surface area contributed by atoms with Gasteiger partial charge in [-0.3, -0.25) is 9.69 Å². The standard InChI is InChI=1S/C17H19BrN2OS/c1-19(12-14-9-10-16(18)22-14)15-8-5-11-20(17(15)21)13-6-3-2-4-7-13/h2-4,6-7,9-10,15H,5,8,11-12H2,1H3. The molecule has 0 N–H and O–H groups in total. The van der Waals surface area contributed by atoms with Crippen LogP contribution in [0.15, 0.2) is 46.3 Å². The van der Waals surface area contributed by atoms with Crippen molar-refractivity contribution in [2.24, 2.45) is 0 Å². The first-order valence-corrected chi connectivity index (χ1v) is 9.07. The van der Waals surface area contributed by atoms with Gasteiger partial charge in [0.15, 0.2) is 0 Å². The van der Waals surface area contributed by atoms with Crippen LogP contribution in [-0.4, -0.2) is 30.4 Å². The van der Waals surface area contributed by atoms with Crippen LogP contribution in [0, 0.1) is 0 Å². The molecule has 1 aliphatic heterocycles. The molecule has 1 aliphatic rings. The largest absolute Gasteiger partial charge is 0.311 e. The molecule has 1 unspecified atom stereocenters. The first kappa shape index (κ1) is 15.7. The van der Waals surface area contributed by atoms with Gasteiger partial charge in [0.1, 0.15) is 0 Å². The number of anilines is 1. The fourth-order valence-corrected chi connectivity index (χ4v) is 4.47. The van der Waals surface area contributed by atoms with Crippen molar-refractivity contribution in [3.63, 3.8) is 0 Å². The molecule has 2 aromatic rings. The van der Waals surface area contributed by atoms with Crippen LogP contribution in [0.2, 0.25) is 0 Å². The quantitative estimate of drug-likeness (QED) is 0.797. The number of halogens is 1. The second-order valence-electron chi connectivity index (χ2n) is 5.60. The van der Waals surface area contributed by atoms with Crippen LogP contribution < -0.4 is 4.90 Å². The van der Waals surface area contributed by atoms with Gasteiger partial charge in [0, 0.05) is 23.7 Å². The lowest BCUT2D eigenvalue weighted by Gasteiger charge is -2.36. The minimum absolute atomic E-state index is 0.0326. The number of para-hydroxylation sites is 1. The molecule has 3 nitrogen and oxygen atoms in total. The molecule has 0 spiro atoms. The lowest BCUT2D eigenvalue weighted by Crippen LogP contribution is -2.51. The van der Waals surface area contributed by atoms with E-state index in [0.717, 1.165) is 35.4 Å². The number of thiophene rings is 1. The molecule has 0 aliphatic carbocycles. The van der Waals surface area contributed by atoms with Crippen molar-refractivity contribution in [2.75, 3.05) is 18.5 Å². The van der Waals surface area contributed by atoms with Crippen LogP contribution in [0.5, 0.6) is 0 Å². The van der Waals surface area contributed by atoms with Crippen LogP contribution in [0.3, 0.4) is 0 Å². The van der Waals surface area contributed by atoms with Crippen LogP contribution in [0.4, 0.5) is 5.69 Å². The maximum Gasteiger partial charge on any atom is 0.244 e. The number of rotatable bonds is 4. The summed E-state index contributed by atoms with van der Waals surface area (Å²) in [6, 6.07) is 14.1. The van der Waals surface area contributed by atoms with Crippen LogP contribution in [0.25, 0.3) is 0 Å². The Hall–Kier alpha value is -1.17. The Morgan fingerprint density at radius 3 is 2.73 bits per heavy atom. The van der Waals surface area contributed by atoms with E-state index >= 15 is 0 Å². The third-order valence-electron chi connectivity index (χ3n) is 4.04. The highest BCUT2D eigenvalue weighted by Gasteiger charge is 2.32. The average Bonchev–Trinajstić information content (AvgIpc) is 2.93. The first-order valence-electron chi connectivity index (χ1n) is 7.46. The van der Waals surface area contributed by atoms with Crippen LogP contribution >= 0.6 is 27.3 Å². The zero-order valence-corrected chi connectivity index (χ0v) is 14.9. The van der Waals surface area contributed by atoms with Gasteiger partial charge < -0.3 is 4.90 Å². The van der Waals surface area contributed by atoms with E-state index in [9.17, 15) is 4.79 Å². The lowest BCUT2D eigenvalue weighted by molar-refractivity contribution is -0.125. The predicted octanol–water partition coefficient (Wildman–Crippen LogP) is 4.14. The smallest absolute Gasteiger partial charge is 0.244 e. The molecule has 1 fully saturated rings. The zero-order valence-electron chi connectivity index (χ0n) is 12.5. The van der Waals surface area contributed by atoms with Gasteiger partial charge in [0.2, 0.25) is 5.91 Å². The van der Waals surface area contributed by atoms with Gasteiger partial charge in [0.05, 0.1) is 9.83 Å². The van der Waals surface area contributed by atoms with Gasteiger partial charge >= 0.3 is 0 Å². The van der Waals surface area contributed by atoms with Gasteiger partial charge in [-0.15, -0.1) is 11.3 Å². The van der Waals surface area contributed by atoms with E-state index in [1.807, 2.05) is 42.3 Å². The highest BCUT2D eigenvalue weighted by molar-refractivity contribution is 9.11. The molecule has 1 aromatic heterocycles. The molecule has 0 bridgehead atoms. The average molecular weight is 379 g/mol. The minimum Gasteiger partial charge on any atom is -0.311 e. The molecule has 1 saturated heterocycles. The van der Waals surface area contributed by atoms with Crippen LogP contribution in [-0.2, 0) is 11.3 Å². The fourth-order valence-electron chi connectivity index (χ4n) is 2.92. The summed E-state index contributed by atoms with van der Waals surface area (Å²) in [6.07, 6.45) is 1.98. The van der Waals surface area contributed by atoms with E-state index in [-0.39, 0.29) is 11.9 Å². The Balaban J connectivity index is 1.72. The number of carbonyl (C=O) groups excluding carboxylic acids is 1. The maximum atomic E-state index is 12.8. The van der Waals surface area contributed by atoms with Crippen LogP contribution in [0.1, 0.15) is 17.7 Å². The molecular weight excluding hydrogens is 360 g/mol. The van der Waals surface area contributed by atoms with E-state index in [1.165, 1.54) is 4.88 Å². The fraction of sp³-hybridized carbons (Fsp3) is 0.353. The van der Waals surface area contributed by atoms with Crippen molar-refractivity contribution in [2.45, 2.75) is 25.4 Å². The highest BCUT2D eigenvalue weighted by atomic mass is 79.9. The molecule has 1 atom stereocenters. The Morgan fingerprint density at radius 1 is 1.27 bits per heavy atom. The summed E-state index contributed by atoms with van der Waals surface area (Å²) in [5, 5.41) is 0. The third kappa shape index (κ3) is 3.42. The van der Waals surface area contributed by atoms with Gasteiger partial charge in [-0.05, 0) is 60.1 Å². The number of nitrogens with zero attached hydrogens (tertiary/aromatic N) is 2. The Kier molecular flexibility index (Phi) is 4.96. The van der Waals surface area contributed by atoms with Gasteiger partial charge in [0.25, 0.3) is 0 Å². The zero-order chi connectivity index (χ0) is 15.5.